The first kappa shape index (κ1) is 23.0. The van der Waals surface area contributed by atoms with Crippen LogP contribution in [0, 0.1) is 0 Å². The number of benzene rings is 1. The zero-order valence-corrected chi connectivity index (χ0v) is 19.1. The molecule has 166 valence electrons. The van der Waals surface area contributed by atoms with E-state index in [9.17, 15) is 14.4 Å². The van der Waals surface area contributed by atoms with Crippen molar-refractivity contribution in [2.24, 2.45) is 0 Å². The van der Waals surface area contributed by atoms with Gasteiger partial charge in [0.05, 0.1) is 5.69 Å². The van der Waals surface area contributed by atoms with E-state index in [1.165, 1.54) is 16.2 Å². The average molecular weight is 465 g/mol. The van der Waals surface area contributed by atoms with E-state index in [1.807, 2.05) is 7.05 Å². The van der Waals surface area contributed by atoms with Crippen LogP contribution in [0.5, 0.6) is 0 Å². The number of urea groups is 1. The van der Waals surface area contributed by atoms with Crippen molar-refractivity contribution in [1.29, 1.82) is 0 Å². The van der Waals surface area contributed by atoms with Gasteiger partial charge in [-0.1, -0.05) is 11.6 Å². The molecule has 1 aromatic heterocycles. The number of thiazole rings is 1. The normalized spacial score (nSPS) is 14.3. The molecule has 0 radical (unpaired) electrons. The number of nitrogens with one attached hydrogen (secondary N) is 3. The Hall–Kier alpha value is -2.69. The van der Waals surface area contributed by atoms with Crippen LogP contribution in [0.15, 0.2) is 24.3 Å². The Morgan fingerprint density at radius 3 is 2.65 bits per heavy atom. The fraction of sp³-hybridized carbons (Fsp3) is 0.400. The van der Waals surface area contributed by atoms with Gasteiger partial charge < -0.3 is 25.8 Å². The summed E-state index contributed by atoms with van der Waals surface area (Å²) in [5, 5.41) is 8.86. The molecule has 3 rings (SSSR count). The minimum atomic E-state index is -0.929. The van der Waals surface area contributed by atoms with E-state index in [2.05, 4.69) is 25.8 Å². The Morgan fingerprint density at radius 2 is 1.97 bits per heavy atom. The molecule has 0 fully saturated rings. The van der Waals surface area contributed by atoms with Crippen LogP contribution in [0.1, 0.15) is 20.4 Å². The summed E-state index contributed by atoms with van der Waals surface area (Å²) >= 11 is 7.17. The van der Waals surface area contributed by atoms with Crippen LogP contribution in [0.25, 0.3) is 0 Å². The Labute approximate surface area is 189 Å². The molecule has 4 amide bonds. The maximum absolute atomic E-state index is 12.8. The van der Waals surface area contributed by atoms with Crippen molar-refractivity contribution >= 4 is 46.5 Å². The van der Waals surface area contributed by atoms with Gasteiger partial charge in [0.2, 0.25) is 5.91 Å². The fourth-order valence-electron chi connectivity index (χ4n) is 3.06. The molecule has 31 heavy (non-hydrogen) atoms. The molecule has 3 N–H and O–H groups in total. The molecule has 9 nitrogen and oxygen atoms in total. The van der Waals surface area contributed by atoms with E-state index in [0.29, 0.717) is 15.7 Å². The van der Waals surface area contributed by atoms with Crippen molar-refractivity contribution in [3.05, 3.63) is 44.9 Å². The standard InChI is InChI=1S/C20H25ClN6O3S/c1-26(2)19(29)15(10-22-20(30)23-13-6-4-12(21)5-7-13)24-17(28)18-25-14-8-9-27(3)11-16(14)31-18/h4-7,15H,8-11H2,1-3H3,(H,24,28)(H2,22,23,30). The Bertz CT molecular complexity index is 962. The second-order valence-electron chi connectivity index (χ2n) is 7.48. The molecular weight excluding hydrogens is 440 g/mol. The fourth-order valence-corrected chi connectivity index (χ4v) is 4.27. The summed E-state index contributed by atoms with van der Waals surface area (Å²) < 4.78 is 0. The molecule has 1 aliphatic rings. The molecule has 1 atom stereocenters. The summed E-state index contributed by atoms with van der Waals surface area (Å²) in [6.45, 7) is 1.58. The number of hydrogen-bond acceptors (Lipinski definition) is 6. The molecule has 11 heteroatoms. The van der Waals surface area contributed by atoms with Crippen molar-refractivity contribution in [1.82, 2.24) is 25.4 Å². The molecule has 0 bridgehead atoms. The molecule has 1 aromatic carbocycles. The minimum Gasteiger partial charge on any atom is -0.347 e. The van der Waals surface area contributed by atoms with Crippen molar-refractivity contribution in [3.63, 3.8) is 0 Å². The van der Waals surface area contributed by atoms with Gasteiger partial charge in [-0.2, -0.15) is 0 Å². The summed E-state index contributed by atoms with van der Waals surface area (Å²) in [4.78, 5) is 46.6. The zero-order chi connectivity index (χ0) is 22.5. The number of amides is 4. The maximum Gasteiger partial charge on any atom is 0.319 e. The Kier molecular flexibility index (Phi) is 7.47. The highest BCUT2D eigenvalue weighted by Crippen LogP contribution is 2.24. The molecule has 2 aromatic rings. The predicted molar refractivity (Wildman–Crippen MR) is 121 cm³/mol. The summed E-state index contributed by atoms with van der Waals surface area (Å²) in [5.41, 5.74) is 1.49. The third kappa shape index (κ3) is 6.16. The van der Waals surface area contributed by atoms with Crippen LogP contribution in [0.4, 0.5) is 10.5 Å². The second-order valence-corrected chi connectivity index (χ2v) is 9.00. The van der Waals surface area contributed by atoms with E-state index in [0.717, 1.165) is 30.1 Å². The Morgan fingerprint density at radius 1 is 1.26 bits per heavy atom. The predicted octanol–water partition coefficient (Wildman–Crippen LogP) is 1.79. The quantitative estimate of drug-likeness (QED) is 0.604. The van der Waals surface area contributed by atoms with Crippen LogP contribution in [-0.2, 0) is 17.8 Å². The molecule has 1 unspecified atom stereocenters. The van der Waals surface area contributed by atoms with Crippen molar-refractivity contribution in [2.45, 2.75) is 19.0 Å². The molecule has 0 saturated heterocycles. The summed E-state index contributed by atoms with van der Waals surface area (Å²) in [6, 6.07) is 5.20. The SMILES string of the molecule is CN1CCc2nc(C(=O)NC(CNC(=O)Nc3ccc(Cl)cc3)C(=O)N(C)C)sc2C1. The zero-order valence-electron chi connectivity index (χ0n) is 17.6. The van der Waals surface area contributed by atoms with E-state index in [-0.39, 0.29) is 12.5 Å². The average Bonchev–Trinajstić information content (AvgIpc) is 3.15. The highest BCUT2D eigenvalue weighted by Gasteiger charge is 2.27. The van der Waals surface area contributed by atoms with Crippen molar-refractivity contribution in [2.75, 3.05) is 39.5 Å². The first-order chi connectivity index (χ1) is 14.7. The van der Waals surface area contributed by atoms with Crippen LogP contribution < -0.4 is 16.0 Å². The van der Waals surface area contributed by atoms with Crippen LogP contribution in [0.3, 0.4) is 0 Å². The summed E-state index contributed by atoms with van der Waals surface area (Å²) in [6.07, 6.45) is 0.794. The molecule has 0 spiro atoms. The lowest BCUT2D eigenvalue weighted by molar-refractivity contribution is -0.130. The lowest BCUT2D eigenvalue weighted by Gasteiger charge is -2.21. The summed E-state index contributed by atoms with van der Waals surface area (Å²) in [7, 11) is 5.20. The van der Waals surface area contributed by atoms with E-state index in [1.54, 1.807) is 38.4 Å². The number of hydrogen-bond donors (Lipinski definition) is 3. The third-order valence-corrected chi connectivity index (χ3v) is 6.06. The third-order valence-electron chi connectivity index (χ3n) is 4.73. The smallest absolute Gasteiger partial charge is 0.319 e. The Balaban J connectivity index is 1.62. The first-order valence-electron chi connectivity index (χ1n) is 9.72. The summed E-state index contributed by atoms with van der Waals surface area (Å²) in [5.74, 6) is -0.761. The number of carbonyl (C=O) groups excluding carboxylic acids is 3. The minimum absolute atomic E-state index is 0.0734. The first-order valence-corrected chi connectivity index (χ1v) is 10.9. The molecule has 1 aliphatic heterocycles. The maximum atomic E-state index is 12.8. The van der Waals surface area contributed by atoms with Gasteiger partial charge in [-0.25, -0.2) is 9.78 Å². The second kappa shape index (κ2) is 10.1. The highest BCUT2D eigenvalue weighted by atomic mass is 35.5. The van der Waals surface area contributed by atoms with Gasteiger partial charge in [-0.3, -0.25) is 9.59 Å². The van der Waals surface area contributed by atoms with Crippen LogP contribution >= 0.6 is 22.9 Å². The number of halogens is 1. The lowest BCUT2D eigenvalue weighted by Crippen LogP contribution is -2.52. The number of anilines is 1. The largest absolute Gasteiger partial charge is 0.347 e. The number of nitrogens with zero attached hydrogens (tertiary/aromatic N) is 3. The van der Waals surface area contributed by atoms with Crippen molar-refractivity contribution in [3.8, 4) is 0 Å². The van der Waals surface area contributed by atoms with Gasteiger partial charge in [0.15, 0.2) is 5.01 Å². The van der Waals surface area contributed by atoms with Gasteiger partial charge in [0.1, 0.15) is 6.04 Å². The monoisotopic (exact) mass is 464 g/mol. The van der Waals surface area contributed by atoms with E-state index in [4.69, 9.17) is 11.6 Å². The van der Waals surface area contributed by atoms with Crippen LogP contribution in [0.2, 0.25) is 5.02 Å². The van der Waals surface area contributed by atoms with E-state index >= 15 is 0 Å². The number of aromatic nitrogens is 1. The lowest BCUT2D eigenvalue weighted by atomic mass is 10.2. The highest BCUT2D eigenvalue weighted by molar-refractivity contribution is 7.13. The molecule has 0 aliphatic carbocycles. The molecule has 0 saturated carbocycles. The van der Waals surface area contributed by atoms with Crippen molar-refractivity contribution < 1.29 is 14.4 Å². The van der Waals surface area contributed by atoms with Gasteiger partial charge in [0, 0.05) is 55.7 Å². The number of carbonyl (C=O) groups is 3. The molecular formula is C20H25ClN6O3S. The van der Waals surface area contributed by atoms with Gasteiger partial charge in [0.25, 0.3) is 5.91 Å². The topological polar surface area (TPSA) is 107 Å². The number of rotatable bonds is 6. The van der Waals surface area contributed by atoms with Gasteiger partial charge in [-0.05, 0) is 31.3 Å². The van der Waals surface area contributed by atoms with E-state index < -0.39 is 18.0 Å². The number of fused-ring (bicyclic) bond motifs is 1. The molecule has 2 heterocycles. The van der Waals surface area contributed by atoms with Gasteiger partial charge in [-0.15, -0.1) is 11.3 Å². The van der Waals surface area contributed by atoms with Gasteiger partial charge >= 0.3 is 6.03 Å². The van der Waals surface area contributed by atoms with Crippen LogP contribution in [-0.4, -0.2) is 72.9 Å². The number of likely N-dealkylation sites (N-methyl/N-ethyl adjacent to an activating group) is 2.